The van der Waals surface area contributed by atoms with Crippen molar-refractivity contribution in [1.82, 2.24) is 5.32 Å². The SMILES string of the molecule is O=C(O)[C@H](Cc1ccc(O)c(O)c1)NC1CCCCC1. The molecule has 0 unspecified atom stereocenters. The second-order valence-corrected chi connectivity index (χ2v) is 5.42. The summed E-state index contributed by atoms with van der Waals surface area (Å²) in [4.78, 5) is 11.4. The minimum absolute atomic E-state index is 0.194. The van der Waals surface area contributed by atoms with Crippen LogP contribution in [0.3, 0.4) is 0 Å². The lowest BCUT2D eigenvalue weighted by Crippen LogP contribution is -2.45. The number of phenols is 2. The number of carbonyl (C=O) groups is 1. The Hall–Kier alpha value is -1.75. The Balaban J connectivity index is 2.00. The van der Waals surface area contributed by atoms with Gasteiger partial charge in [0.2, 0.25) is 0 Å². The Labute approximate surface area is 118 Å². The first-order valence-corrected chi connectivity index (χ1v) is 7.06. The maximum absolute atomic E-state index is 11.4. The summed E-state index contributed by atoms with van der Waals surface area (Å²) in [7, 11) is 0. The molecule has 1 aliphatic rings. The molecule has 1 aromatic carbocycles. The summed E-state index contributed by atoms with van der Waals surface area (Å²) in [5, 5.41) is 31.2. The van der Waals surface area contributed by atoms with Crippen LogP contribution in [-0.4, -0.2) is 33.4 Å². The van der Waals surface area contributed by atoms with Crippen LogP contribution in [0.2, 0.25) is 0 Å². The molecule has 0 bridgehead atoms. The first-order valence-electron chi connectivity index (χ1n) is 7.06. The molecule has 0 aromatic heterocycles. The number of carboxylic acids is 1. The summed E-state index contributed by atoms with van der Waals surface area (Å²) < 4.78 is 0. The smallest absolute Gasteiger partial charge is 0.321 e. The highest BCUT2D eigenvalue weighted by Gasteiger charge is 2.23. The van der Waals surface area contributed by atoms with E-state index in [1.54, 1.807) is 6.07 Å². The fraction of sp³-hybridized carbons (Fsp3) is 0.533. The summed E-state index contributed by atoms with van der Waals surface area (Å²) in [6, 6.07) is 4.02. The van der Waals surface area contributed by atoms with E-state index in [1.807, 2.05) is 0 Å². The molecule has 2 rings (SSSR count). The fourth-order valence-electron chi connectivity index (χ4n) is 2.70. The molecular weight excluding hydrogens is 258 g/mol. The largest absolute Gasteiger partial charge is 0.504 e. The Morgan fingerprint density at radius 3 is 2.50 bits per heavy atom. The number of hydrogen-bond acceptors (Lipinski definition) is 4. The Bertz CT molecular complexity index is 469. The average Bonchev–Trinajstić information content (AvgIpc) is 2.43. The van der Waals surface area contributed by atoms with Gasteiger partial charge in [-0.1, -0.05) is 25.3 Å². The monoisotopic (exact) mass is 279 g/mol. The molecule has 1 fully saturated rings. The second kappa shape index (κ2) is 6.61. The Morgan fingerprint density at radius 2 is 1.90 bits per heavy atom. The molecule has 0 aliphatic heterocycles. The van der Waals surface area contributed by atoms with Crippen LogP contribution in [0.15, 0.2) is 18.2 Å². The number of carboxylic acid groups (broad SMARTS) is 1. The first kappa shape index (κ1) is 14.7. The number of aromatic hydroxyl groups is 2. The van der Waals surface area contributed by atoms with Gasteiger partial charge in [0.25, 0.3) is 0 Å². The molecule has 5 heteroatoms. The number of nitrogens with one attached hydrogen (secondary N) is 1. The highest BCUT2D eigenvalue weighted by atomic mass is 16.4. The third kappa shape index (κ3) is 3.87. The molecule has 0 heterocycles. The average molecular weight is 279 g/mol. The number of phenolic OH excluding ortho intramolecular Hbond substituents is 2. The van der Waals surface area contributed by atoms with E-state index < -0.39 is 12.0 Å². The first-order chi connectivity index (χ1) is 9.56. The summed E-state index contributed by atoms with van der Waals surface area (Å²) in [6.07, 6.45) is 5.84. The van der Waals surface area contributed by atoms with Gasteiger partial charge in [0.1, 0.15) is 6.04 Å². The van der Waals surface area contributed by atoms with Gasteiger partial charge in [-0.15, -0.1) is 0 Å². The van der Waals surface area contributed by atoms with Gasteiger partial charge in [-0.2, -0.15) is 0 Å². The van der Waals surface area contributed by atoms with E-state index in [4.69, 9.17) is 0 Å². The minimum Gasteiger partial charge on any atom is -0.504 e. The third-order valence-electron chi connectivity index (χ3n) is 3.82. The highest BCUT2D eigenvalue weighted by Crippen LogP contribution is 2.25. The predicted molar refractivity (Wildman–Crippen MR) is 74.9 cm³/mol. The Kier molecular flexibility index (Phi) is 4.84. The fourth-order valence-corrected chi connectivity index (χ4v) is 2.70. The maximum atomic E-state index is 11.4. The molecule has 1 aromatic rings. The number of rotatable bonds is 5. The number of benzene rings is 1. The van der Waals surface area contributed by atoms with Crippen LogP contribution in [0.4, 0.5) is 0 Å². The molecule has 20 heavy (non-hydrogen) atoms. The van der Waals surface area contributed by atoms with Crippen LogP contribution >= 0.6 is 0 Å². The van der Waals surface area contributed by atoms with E-state index in [2.05, 4.69) is 5.32 Å². The molecule has 1 saturated carbocycles. The minimum atomic E-state index is -0.886. The molecule has 0 amide bonds. The quantitative estimate of drug-likeness (QED) is 0.619. The van der Waals surface area contributed by atoms with Gasteiger partial charge in [0, 0.05) is 6.04 Å². The van der Waals surface area contributed by atoms with Gasteiger partial charge in [-0.25, -0.2) is 0 Å². The van der Waals surface area contributed by atoms with E-state index in [9.17, 15) is 20.1 Å². The standard InChI is InChI=1S/C15H21NO4/c17-13-7-6-10(9-14(13)18)8-12(15(19)20)16-11-4-2-1-3-5-11/h6-7,9,11-12,16-18H,1-5,8H2,(H,19,20)/t12-/m0/s1. The van der Waals surface area contributed by atoms with Gasteiger partial charge in [0.15, 0.2) is 11.5 Å². The summed E-state index contributed by atoms with van der Waals surface area (Å²) in [6.45, 7) is 0. The predicted octanol–water partition coefficient (Wildman–Crippen LogP) is 2.02. The van der Waals surface area contributed by atoms with Crippen molar-refractivity contribution >= 4 is 5.97 Å². The van der Waals surface area contributed by atoms with Crippen molar-refractivity contribution in [3.05, 3.63) is 23.8 Å². The van der Waals surface area contributed by atoms with E-state index in [-0.39, 0.29) is 17.5 Å². The molecule has 0 radical (unpaired) electrons. The van der Waals surface area contributed by atoms with E-state index in [0.29, 0.717) is 12.0 Å². The number of hydrogen-bond donors (Lipinski definition) is 4. The van der Waals surface area contributed by atoms with Crippen molar-refractivity contribution in [2.75, 3.05) is 0 Å². The molecule has 1 atom stereocenters. The van der Waals surface area contributed by atoms with Crippen molar-refractivity contribution < 1.29 is 20.1 Å². The highest BCUT2D eigenvalue weighted by molar-refractivity contribution is 5.74. The second-order valence-electron chi connectivity index (χ2n) is 5.42. The summed E-state index contributed by atoms with van der Waals surface area (Å²) in [5.74, 6) is -1.30. The van der Waals surface area contributed by atoms with Gasteiger partial charge in [-0.3, -0.25) is 4.79 Å². The van der Waals surface area contributed by atoms with Gasteiger partial charge >= 0.3 is 5.97 Å². The van der Waals surface area contributed by atoms with Crippen LogP contribution in [0.5, 0.6) is 11.5 Å². The maximum Gasteiger partial charge on any atom is 0.321 e. The molecule has 1 aliphatic carbocycles. The molecule has 0 spiro atoms. The normalized spacial score (nSPS) is 17.8. The van der Waals surface area contributed by atoms with E-state index >= 15 is 0 Å². The van der Waals surface area contributed by atoms with Gasteiger partial charge in [-0.05, 0) is 37.0 Å². The zero-order valence-corrected chi connectivity index (χ0v) is 11.4. The van der Waals surface area contributed by atoms with Crippen molar-refractivity contribution in [3.8, 4) is 11.5 Å². The lowest BCUT2D eigenvalue weighted by molar-refractivity contribution is -0.139. The summed E-state index contributed by atoms with van der Waals surface area (Å²) in [5.41, 5.74) is 0.691. The Morgan fingerprint density at radius 1 is 1.20 bits per heavy atom. The lowest BCUT2D eigenvalue weighted by atomic mass is 9.94. The van der Waals surface area contributed by atoms with Crippen LogP contribution in [0.1, 0.15) is 37.7 Å². The molecule has 4 N–H and O–H groups in total. The van der Waals surface area contributed by atoms with Crippen molar-refractivity contribution in [2.45, 2.75) is 50.6 Å². The van der Waals surface area contributed by atoms with E-state index in [1.165, 1.54) is 18.6 Å². The van der Waals surface area contributed by atoms with Crippen molar-refractivity contribution in [1.29, 1.82) is 0 Å². The van der Waals surface area contributed by atoms with E-state index in [0.717, 1.165) is 25.7 Å². The van der Waals surface area contributed by atoms with Gasteiger partial charge in [0.05, 0.1) is 0 Å². The van der Waals surface area contributed by atoms with Crippen molar-refractivity contribution in [2.24, 2.45) is 0 Å². The molecule has 110 valence electrons. The molecule has 0 saturated heterocycles. The zero-order valence-electron chi connectivity index (χ0n) is 11.4. The molecule has 5 nitrogen and oxygen atoms in total. The topological polar surface area (TPSA) is 89.8 Å². The van der Waals surface area contributed by atoms with Crippen LogP contribution in [0, 0.1) is 0 Å². The van der Waals surface area contributed by atoms with Crippen molar-refractivity contribution in [3.63, 3.8) is 0 Å². The number of aliphatic carboxylic acids is 1. The zero-order chi connectivity index (χ0) is 14.5. The third-order valence-corrected chi connectivity index (χ3v) is 3.82. The molecular formula is C15H21NO4. The van der Waals surface area contributed by atoms with Crippen LogP contribution in [0.25, 0.3) is 0 Å². The summed E-state index contributed by atoms with van der Waals surface area (Å²) >= 11 is 0. The lowest BCUT2D eigenvalue weighted by Gasteiger charge is -2.26. The van der Waals surface area contributed by atoms with Crippen LogP contribution < -0.4 is 5.32 Å². The van der Waals surface area contributed by atoms with Crippen LogP contribution in [-0.2, 0) is 11.2 Å². The van der Waals surface area contributed by atoms with Gasteiger partial charge < -0.3 is 20.6 Å².